The predicted octanol–water partition coefficient (Wildman–Crippen LogP) is 0.649. The lowest BCUT2D eigenvalue weighted by molar-refractivity contribution is -0.201. The van der Waals surface area contributed by atoms with Crippen molar-refractivity contribution in [2.45, 2.75) is 50.9 Å². The lowest BCUT2D eigenvalue weighted by Crippen LogP contribution is -2.41. The lowest BCUT2D eigenvalue weighted by Gasteiger charge is -2.28. The van der Waals surface area contributed by atoms with Crippen LogP contribution < -0.4 is 0 Å². The topological polar surface area (TPSA) is 65.1 Å². The molecule has 0 aromatic rings. The van der Waals surface area contributed by atoms with Crippen LogP contribution in [0.3, 0.4) is 0 Å². The zero-order valence-electron chi connectivity index (χ0n) is 11.0. The van der Waals surface area contributed by atoms with Crippen LogP contribution in [0, 0.1) is 5.92 Å². The molecule has 3 rings (SSSR count). The Morgan fingerprint density at radius 1 is 1.37 bits per heavy atom. The number of cyclic esters (lactones) is 1. The zero-order chi connectivity index (χ0) is 13.4. The van der Waals surface area contributed by atoms with Gasteiger partial charge in [0.25, 0.3) is 0 Å². The van der Waals surface area contributed by atoms with Crippen LogP contribution in [-0.2, 0) is 23.9 Å². The number of hydroxylamine groups is 2. The first-order valence-corrected chi connectivity index (χ1v) is 6.94. The Bertz CT molecular complexity index is 385. The molecule has 0 N–H and O–H groups in total. The number of ether oxygens (including phenoxy) is 2. The molecule has 3 saturated heterocycles. The maximum atomic E-state index is 12.1. The van der Waals surface area contributed by atoms with E-state index in [0.29, 0.717) is 13.0 Å². The number of piperidine rings is 1. The van der Waals surface area contributed by atoms with Crippen LogP contribution in [0.2, 0.25) is 0 Å². The average Bonchev–Trinajstić information content (AvgIpc) is 2.69. The lowest BCUT2D eigenvalue weighted by atomic mass is 9.87. The molecule has 106 valence electrons. The van der Waals surface area contributed by atoms with E-state index in [1.165, 1.54) is 6.92 Å². The molecular weight excluding hydrogens is 250 g/mol. The predicted molar refractivity (Wildman–Crippen MR) is 63.8 cm³/mol. The standard InChI is InChI=1S/C13H19NO5/c1-8(15)18-10-5-7-17-13(16)11-9-4-2-3-6-14(9)19-12(10)11/h9-12H,2-7H2,1H3/t9-,10+,11-,12-/m1/s1. The average molecular weight is 269 g/mol. The monoisotopic (exact) mass is 269 g/mol. The highest BCUT2D eigenvalue weighted by Crippen LogP contribution is 2.39. The van der Waals surface area contributed by atoms with Gasteiger partial charge in [-0.2, -0.15) is 5.06 Å². The first kappa shape index (κ1) is 12.9. The SMILES string of the molecule is CC(=O)O[C@H]1CCOC(=O)[C@H]2[C@@H]1ON1CCCC[C@H]21. The Labute approximate surface area is 111 Å². The number of carbonyl (C=O) groups excluding carboxylic acids is 2. The highest BCUT2D eigenvalue weighted by Gasteiger charge is 2.53. The van der Waals surface area contributed by atoms with E-state index < -0.39 is 0 Å². The zero-order valence-corrected chi connectivity index (χ0v) is 11.0. The van der Waals surface area contributed by atoms with Gasteiger partial charge in [0.05, 0.1) is 12.6 Å². The van der Waals surface area contributed by atoms with Crippen molar-refractivity contribution >= 4 is 11.9 Å². The number of hydrogen-bond acceptors (Lipinski definition) is 6. The van der Waals surface area contributed by atoms with E-state index >= 15 is 0 Å². The molecular formula is C13H19NO5. The molecule has 19 heavy (non-hydrogen) atoms. The van der Waals surface area contributed by atoms with Gasteiger partial charge in [0, 0.05) is 19.9 Å². The van der Waals surface area contributed by atoms with E-state index in [1.807, 2.05) is 5.06 Å². The van der Waals surface area contributed by atoms with Crippen molar-refractivity contribution in [3.8, 4) is 0 Å². The van der Waals surface area contributed by atoms with Gasteiger partial charge in [-0.1, -0.05) is 6.42 Å². The van der Waals surface area contributed by atoms with Crippen molar-refractivity contribution in [1.82, 2.24) is 5.06 Å². The van der Waals surface area contributed by atoms with E-state index in [0.717, 1.165) is 25.8 Å². The summed E-state index contributed by atoms with van der Waals surface area (Å²) in [6.07, 6.45) is 2.83. The molecule has 0 radical (unpaired) electrons. The molecule has 3 aliphatic heterocycles. The Morgan fingerprint density at radius 2 is 2.21 bits per heavy atom. The van der Waals surface area contributed by atoms with Crippen LogP contribution in [-0.4, -0.2) is 48.4 Å². The molecule has 0 aromatic heterocycles. The van der Waals surface area contributed by atoms with Crippen LogP contribution in [0.1, 0.15) is 32.6 Å². The van der Waals surface area contributed by atoms with E-state index in [4.69, 9.17) is 14.3 Å². The van der Waals surface area contributed by atoms with Gasteiger partial charge in [0.2, 0.25) is 0 Å². The first-order valence-electron chi connectivity index (χ1n) is 6.94. The summed E-state index contributed by atoms with van der Waals surface area (Å²) in [5, 5.41) is 1.89. The fourth-order valence-corrected chi connectivity index (χ4v) is 3.33. The Balaban J connectivity index is 1.83. The van der Waals surface area contributed by atoms with Gasteiger partial charge in [-0.25, -0.2) is 0 Å². The van der Waals surface area contributed by atoms with E-state index in [1.54, 1.807) is 0 Å². The van der Waals surface area contributed by atoms with Crippen LogP contribution in [0.4, 0.5) is 0 Å². The molecule has 6 heteroatoms. The third-order valence-electron chi connectivity index (χ3n) is 4.13. The smallest absolute Gasteiger partial charge is 0.313 e. The number of carbonyl (C=O) groups is 2. The summed E-state index contributed by atoms with van der Waals surface area (Å²) in [6, 6.07) is 0.0717. The van der Waals surface area contributed by atoms with Crippen molar-refractivity contribution in [3.63, 3.8) is 0 Å². The fourth-order valence-electron chi connectivity index (χ4n) is 3.33. The minimum atomic E-state index is -0.389. The van der Waals surface area contributed by atoms with E-state index in [-0.39, 0.29) is 36.1 Å². The fraction of sp³-hybridized carbons (Fsp3) is 0.846. The summed E-state index contributed by atoms with van der Waals surface area (Å²) >= 11 is 0. The molecule has 6 nitrogen and oxygen atoms in total. The third-order valence-corrected chi connectivity index (χ3v) is 4.13. The summed E-state index contributed by atoms with van der Waals surface area (Å²) in [5.74, 6) is -0.882. The summed E-state index contributed by atoms with van der Waals surface area (Å²) in [4.78, 5) is 29.2. The Morgan fingerprint density at radius 3 is 3.00 bits per heavy atom. The van der Waals surface area contributed by atoms with Gasteiger partial charge in [-0.05, 0) is 12.8 Å². The second-order valence-electron chi connectivity index (χ2n) is 5.40. The Hall–Kier alpha value is -1.14. The Kier molecular flexibility index (Phi) is 3.45. The molecule has 0 aromatic carbocycles. The minimum Gasteiger partial charge on any atom is -0.465 e. The van der Waals surface area contributed by atoms with Crippen LogP contribution in [0.5, 0.6) is 0 Å². The van der Waals surface area contributed by atoms with Crippen molar-refractivity contribution in [2.24, 2.45) is 5.92 Å². The molecule has 3 heterocycles. The molecule has 3 aliphatic rings. The highest BCUT2D eigenvalue weighted by atomic mass is 16.7. The number of nitrogens with zero attached hydrogens (tertiary/aromatic N) is 1. The maximum Gasteiger partial charge on any atom is 0.313 e. The van der Waals surface area contributed by atoms with E-state index in [2.05, 4.69) is 0 Å². The molecule has 0 amide bonds. The van der Waals surface area contributed by atoms with Gasteiger partial charge in [0.15, 0.2) is 0 Å². The normalized spacial score (nSPS) is 38.9. The summed E-state index contributed by atoms with van der Waals surface area (Å²) in [5.41, 5.74) is 0. The molecule has 4 atom stereocenters. The second-order valence-corrected chi connectivity index (χ2v) is 5.40. The van der Waals surface area contributed by atoms with Crippen LogP contribution >= 0.6 is 0 Å². The van der Waals surface area contributed by atoms with Crippen LogP contribution in [0.15, 0.2) is 0 Å². The molecule has 0 saturated carbocycles. The molecule has 3 fully saturated rings. The van der Waals surface area contributed by atoms with Gasteiger partial charge >= 0.3 is 11.9 Å². The summed E-state index contributed by atoms with van der Waals surface area (Å²) in [7, 11) is 0. The number of rotatable bonds is 1. The molecule has 0 aliphatic carbocycles. The van der Waals surface area contributed by atoms with Crippen molar-refractivity contribution in [2.75, 3.05) is 13.2 Å². The minimum absolute atomic E-state index is 0.0717. The second kappa shape index (κ2) is 5.09. The third kappa shape index (κ3) is 2.34. The number of esters is 2. The van der Waals surface area contributed by atoms with E-state index in [9.17, 15) is 9.59 Å². The van der Waals surface area contributed by atoms with Gasteiger partial charge < -0.3 is 9.47 Å². The van der Waals surface area contributed by atoms with Gasteiger partial charge in [0.1, 0.15) is 18.1 Å². The van der Waals surface area contributed by atoms with Crippen LogP contribution in [0.25, 0.3) is 0 Å². The van der Waals surface area contributed by atoms with Crippen molar-refractivity contribution < 1.29 is 23.9 Å². The highest BCUT2D eigenvalue weighted by molar-refractivity contribution is 5.75. The van der Waals surface area contributed by atoms with Crippen molar-refractivity contribution in [3.05, 3.63) is 0 Å². The van der Waals surface area contributed by atoms with Gasteiger partial charge in [-0.3, -0.25) is 14.4 Å². The molecule has 0 bridgehead atoms. The van der Waals surface area contributed by atoms with Crippen molar-refractivity contribution in [1.29, 1.82) is 0 Å². The summed E-state index contributed by atoms with van der Waals surface area (Å²) in [6.45, 7) is 2.50. The molecule has 0 unspecified atom stereocenters. The first-order chi connectivity index (χ1) is 9.16. The largest absolute Gasteiger partial charge is 0.465 e. The van der Waals surface area contributed by atoms with Gasteiger partial charge in [-0.15, -0.1) is 0 Å². The number of fused-ring (bicyclic) bond motifs is 3. The summed E-state index contributed by atoms with van der Waals surface area (Å²) < 4.78 is 10.6. The number of hydrogen-bond donors (Lipinski definition) is 0. The quantitative estimate of drug-likeness (QED) is 0.651. The maximum absolute atomic E-state index is 12.1. The molecule has 0 spiro atoms.